The van der Waals surface area contributed by atoms with Crippen molar-refractivity contribution >= 4 is 46.1 Å². The summed E-state index contributed by atoms with van der Waals surface area (Å²) in [6.07, 6.45) is 1.64. The van der Waals surface area contributed by atoms with E-state index in [4.69, 9.17) is 11.6 Å². The molecule has 0 aromatic heterocycles. The fraction of sp³-hybridized carbons (Fsp3) is 0.0952. The van der Waals surface area contributed by atoms with Crippen molar-refractivity contribution in [1.82, 2.24) is 5.43 Å². The lowest BCUT2D eigenvalue weighted by Crippen LogP contribution is -2.20. The summed E-state index contributed by atoms with van der Waals surface area (Å²) in [4.78, 5) is 24.0. The number of fused-ring (bicyclic) bond motifs is 1. The third-order valence-electron chi connectivity index (χ3n) is 3.92. The Morgan fingerprint density at radius 1 is 0.889 bits per heavy atom. The number of halogens is 1. The summed E-state index contributed by atoms with van der Waals surface area (Å²) < 4.78 is 0. The van der Waals surface area contributed by atoms with E-state index < -0.39 is 0 Å². The van der Waals surface area contributed by atoms with Crippen molar-refractivity contribution in [2.75, 3.05) is 5.32 Å². The molecule has 0 aliphatic heterocycles. The van der Waals surface area contributed by atoms with Crippen LogP contribution in [0.1, 0.15) is 18.4 Å². The van der Waals surface area contributed by atoms with Crippen LogP contribution in [0, 0.1) is 0 Å². The van der Waals surface area contributed by atoms with Crippen molar-refractivity contribution in [2.24, 2.45) is 5.10 Å². The predicted molar refractivity (Wildman–Crippen MR) is 109 cm³/mol. The van der Waals surface area contributed by atoms with Crippen LogP contribution in [-0.2, 0) is 9.59 Å². The second-order valence-corrected chi connectivity index (χ2v) is 6.36. The highest BCUT2D eigenvalue weighted by Gasteiger charge is 2.08. The third kappa shape index (κ3) is 5.39. The number of nitrogens with zero attached hydrogens (tertiary/aromatic N) is 1. The lowest BCUT2D eigenvalue weighted by molar-refractivity contribution is -0.124. The molecule has 3 aromatic carbocycles. The Hall–Kier alpha value is -3.18. The van der Waals surface area contributed by atoms with Crippen LogP contribution >= 0.6 is 11.6 Å². The second-order valence-electron chi connectivity index (χ2n) is 5.92. The molecule has 6 heteroatoms. The quantitative estimate of drug-likeness (QED) is 0.493. The van der Waals surface area contributed by atoms with Gasteiger partial charge in [0, 0.05) is 28.9 Å². The van der Waals surface area contributed by atoms with Crippen LogP contribution in [0.2, 0.25) is 5.02 Å². The maximum absolute atomic E-state index is 12.1. The maximum Gasteiger partial charge on any atom is 0.240 e. The van der Waals surface area contributed by atoms with E-state index in [1.54, 1.807) is 24.3 Å². The van der Waals surface area contributed by atoms with Gasteiger partial charge in [0.1, 0.15) is 0 Å². The molecule has 0 saturated carbocycles. The Balaban J connectivity index is 1.48. The van der Waals surface area contributed by atoms with Gasteiger partial charge in [-0.2, -0.15) is 5.10 Å². The van der Waals surface area contributed by atoms with Crippen molar-refractivity contribution in [1.29, 1.82) is 0 Å². The number of hydrazone groups is 1. The molecule has 136 valence electrons. The SMILES string of the molecule is O=C(CCC(=O)Nc1cccc2ccccc12)NN=Cc1ccc(Cl)cc1. The Labute approximate surface area is 162 Å². The first-order valence-electron chi connectivity index (χ1n) is 8.47. The molecule has 3 rings (SSSR count). The van der Waals surface area contributed by atoms with Crippen LogP contribution in [0.25, 0.3) is 10.8 Å². The molecule has 2 amide bonds. The number of hydrogen-bond acceptors (Lipinski definition) is 3. The molecule has 0 bridgehead atoms. The zero-order valence-electron chi connectivity index (χ0n) is 14.5. The van der Waals surface area contributed by atoms with Gasteiger partial charge in [-0.3, -0.25) is 9.59 Å². The van der Waals surface area contributed by atoms with E-state index in [0.717, 1.165) is 22.0 Å². The summed E-state index contributed by atoms with van der Waals surface area (Å²) in [5, 5.41) is 9.37. The summed E-state index contributed by atoms with van der Waals surface area (Å²) in [6.45, 7) is 0. The molecule has 0 aliphatic rings. The summed E-state index contributed by atoms with van der Waals surface area (Å²) in [6, 6.07) is 20.6. The second kappa shape index (κ2) is 8.96. The smallest absolute Gasteiger partial charge is 0.240 e. The predicted octanol–water partition coefficient (Wildman–Crippen LogP) is 4.36. The molecule has 5 nitrogen and oxygen atoms in total. The van der Waals surface area contributed by atoms with Gasteiger partial charge >= 0.3 is 0 Å². The first kappa shape index (κ1) is 18.6. The first-order chi connectivity index (χ1) is 13.1. The third-order valence-corrected chi connectivity index (χ3v) is 4.17. The molecule has 0 unspecified atom stereocenters. The van der Waals surface area contributed by atoms with Crippen molar-refractivity contribution in [3.63, 3.8) is 0 Å². The van der Waals surface area contributed by atoms with Crippen LogP contribution in [0.5, 0.6) is 0 Å². The molecule has 2 N–H and O–H groups in total. The minimum atomic E-state index is -0.326. The fourth-order valence-corrected chi connectivity index (χ4v) is 2.68. The monoisotopic (exact) mass is 379 g/mol. The standard InChI is InChI=1S/C21H18ClN3O2/c22-17-10-8-15(9-11-17)14-23-25-21(27)13-12-20(26)24-19-7-3-5-16-4-1-2-6-18(16)19/h1-11,14H,12-13H2,(H,24,26)(H,25,27). The molecule has 0 atom stereocenters. The number of rotatable bonds is 6. The Morgan fingerprint density at radius 3 is 2.41 bits per heavy atom. The summed E-state index contributed by atoms with van der Waals surface area (Å²) in [5.41, 5.74) is 3.96. The van der Waals surface area contributed by atoms with Crippen molar-refractivity contribution < 1.29 is 9.59 Å². The molecular weight excluding hydrogens is 362 g/mol. The Bertz CT molecular complexity index is 979. The van der Waals surface area contributed by atoms with Gasteiger partial charge in [-0.05, 0) is 29.1 Å². The highest BCUT2D eigenvalue weighted by atomic mass is 35.5. The van der Waals surface area contributed by atoms with Gasteiger partial charge in [0.25, 0.3) is 0 Å². The zero-order chi connectivity index (χ0) is 19.1. The number of hydrogen-bond donors (Lipinski definition) is 2. The van der Waals surface area contributed by atoms with E-state index in [2.05, 4.69) is 15.8 Å². The van der Waals surface area contributed by atoms with E-state index in [9.17, 15) is 9.59 Å². The van der Waals surface area contributed by atoms with Gasteiger partial charge in [-0.1, -0.05) is 60.1 Å². The van der Waals surface area contributed by atoms with Crippen LogP contribution < -0.4 is 10.7 Å². The minimum absolute atomic E-state index is 0.0502. The average molecular weight is 380 g/mol. The minimum Gasteiger partial charge on any atom is -0.326 e. The number of carbonyl (C=O) groups is 2. The molecule has 0 heterocycles. The molecule has 0 radical (unpaired) electrons. The number of carbonyl (C=O) groups excluding carboxylic acids is 2. The topological polar surface area (TPSA) is 70.6 Å². The van der Waals surface area contributed by atoms with E-state index in [1.165, 1.54) is 6.21 Å². The first-order valence-corrected chi connectivity index (χ1v) is 8.85. The summed E-state index contributed by atoms with van der Waals surface area (Å²) in [5.74, 6) is -0.545. The lowest BCUT2D eigenvalue weighted by atomic mass is 10.1. The van der Waals surface area contributed by atoms with Gasteiger partial charge in [0.15, 0.2) is 0 Å². The van der Waals surface area contributed by atoms with E-state index in [-0.39, 0.29) is 24.7 Å². The van der Waals surface area contributed by atoms with E-state index in [0.29, 0.717) is 5.02 Å². The Kier molecular flexibility index (Phi) is 6.18. The maximum atomic E-state index is 12.1. The highest BCUT2D eigenvalue weighted by Crippen LogP contribution is 2.23. The molecule has 0 saturated heterocycles. The number of nitrogens with one attached hydrogen (secondary N) is 2. The number of anilines is 1. The largest absolute Gasteiger partial charge is 0.326 e. The van der Waals surface area contributed by atoms with Crippen molar-refractivity contribution in [3.05, 3.63) is 77.3 Å². The molecule has 3 aromatic rings. The molecule has 0 fully saturated rings. The Morgan fingerprint density at radius 2 is 1.59 bits per heavy atom. The van der Waals surface area contributed by atoms with E-state index in [1.807, 2.05) is 42.5 Å². The molecule has 27 heavy (non-hydrogen) atoms. The van der Waals surface area contributed by atoms with Gasteiger partial charge in [-0.25, -0.2) is 5.43 Å². The zero-order valence-corrected chi connectivity index (χ0v) is 15.2. The molecule has 0 aliphatic carbocycles. The normalized spacial score (nSPS) is 10.9. The summed E-state index contributed by atoms with van der Waals surface area (Å²) in [7, 11) is 0. The van der Waals surface area contributed by atoms with Crippen LogP contribution in [-0.4, -0.2) is 18.0 Å². The summed E-state index contributed by atoms with van der Waals surface area (Å²) >= 11 is 5.81. The number of benzene rings is 3. The van der Waals surface area contributed by atoms with Crippen molar-refractivity contribution in [2.45, 2.75) is 12.8 Å². The lowest BCUT2D eigenvalue weighted by Gasteiger charge is -2.08. The van der Waals surface area contributed by atoms with Gasteiger partial charge < -0.3 is 5.32 Å². The number of amides is 2. The van der Waals surface area contributed by atoms with Gasteiger partial charge in [-0.15, -0.1) is 0 Å². The van der Waals surface area contributed by atoms with Gasteiger partial charge in [0.2, 0.25) is 11.8 Å². The van der Waals surface area contributed by atoms with Gasteiger partial charge in [0.05, 0.1) is 6.21 Å². The van der Waals surface area contributed by atoms with Crippen LogP contribution in [0.15, 0.2) is 71.8 Å². The van der Waals surface area contributed by atoms with Crippen LogP contribution in [0.3, 0.4) is 0 Å². The van der Waals surface area contributed by atoms with Crippen molar-refractivity contribution in [3.8, 4) is 0 Å². The van der Waals surface area contributed by atoms with Crippen LogP contribution in [0.4, 0.5) is 5.69 Å². The fourth-order valence-electron chi connectivity index (χ4n) is 2.56. The molecule has 0 spiro atoms. The molecular formula is C21H18ClN3O2. The highest BCUT2D eigenvalue weighted by molar-refractivity contribution is 6.30. The van der Waals surface area contributed by atoms with E-state index >= 15 is 0 Å². The average Bonchev–Trinajstić information content (AvgIpc) is 2.68.